The number of ether oxygens (including phenoxy) is 1. The molecule has 5 rings (SSSR count). The average molecular weight is 493 g/mol. The van der Waals surface area contributed by atoms with Gasteiger partial charge < -0.3 is 14.2 Å². The molecule has 4 aromatic rings. The smallest absolute Gasteiger partial charge is 0.250 e. The molecule has 0 unspecified atom stereocenters. The highest BCUT2D eigenvalue weighted by Gasteiger charge is 2.17. The first kappa shape index (κ1) is 24.3. The Bertz CT molecular complexity index is 1470. The summed E-state index contributed by atoms with van der Waals surface area (Å²) < 4.78 is 7.58. The Labute approximate surface area is 215 Å². The Balaban J connectivity index is 1.28. The molecule has 0 spiro atoms. The second-order valence-corrected chi connectivity index (χ2v) is 9.43. The molecule has 1 fully saturated rings. The molecule has 0 aliphatic carbocycles. The minimum absolute atomic E-state index is 0.118. The van der Waals surface area contributed by atoms with Crippen molar-refractivity contribution in [3.8, 4) is 34.5 Å². The molecule has 8 nitrogen and oxygen atoms in total. The summed E-state index contributed by atoms with van der Waals surface area (Å²) in [6.45, 7) is 3.30. The van der Waals surface area contributed by atoms with Crippen LogP contribution in [-0.2, 0) is 6.54 Å². The van der Waals surface area contributed by atoms with Gasteiger partial charge in [-0.15, -0.1) is 0 Å². The van der Waals surface area contributed by atoms with Crippen LogP contribution in [0.5, 0.6) is 5.75 Å². The van der Waals surface area contributed by atoms with Crippen LogP contribution in [-0.4, -0.2) is 51.2 Å². The van der Waals surface area contributed by atoms with Crippen molar-refractivity contribution >= 4 is 0 Å². The molecular formula is C29H28N6O2. The molecule has 0 radical (unpaired) electrons. The fourth-order valence-electron chi connectivity index (χ4n) is 4.45. The first-order chi connectivity index (χ1) is 18.1. The number of likely N-dealkylation sites (tertiary alicyclic amines) is 1. The highest BCUT2D eigenvalue weighted by Crippen LogP contribution is 2.21. The molecule has 1 aliphatic heterocycles. The molecule has 4 heterocycles. The molecule has 0 N–H and O–H groups in total. The van der Waals surface area contributed by atoms with Crippen LogP contribution < -0.4 is 10.3 Å². The molecule has 1 aliphatic rings. The highest BCUT2D eigenvalue weighted by atomic mass is 16.5. The molecule has 186 valence electrons. The van der Waals surface area contributed by atoms with Crippen LogP contribution >= 0.6 is 0 Å². The Kier molecular flexibility index (Phi) is 7.33. The third kappa shape index (κ3) is 6.08. The van der Waals surface area contributed by atoms with Crippen molar-refractivity contribution < 1.29 is 4.74 Å². The van der Waals surface area contributed by atoms with E-state index >= 15 is 0 Å². The standard InChI is InChI=1S/C29H28N6O2/c1-34-11-8-21(9-12-34)20-37-26-16-32-29(33-17-26)24-4-2-3-23(13-24)18-35-19-25(5-6-28(35)36)27-14-22(15-30)7-10-31-27/h2-7,10,13-14,16-17,19,21H,8-9,11-12,18,20H2,1H3. The van der Waals surface area contributed by atoms with Gasteiger partial charge in [-0.25, -0.2) is 9.97 Å². The predicted molar refractivity (Wildman–Crippen MR) is 141 cm³/mol. The van der Waals surface area contributed by atoms with Gasteiger partial charge in [-0.1, -0.05) is 18.2 Å². The quantitative estimate of drug-likeness (QED) is 0.385. The summed E-state index contributed by atoms with van der Waals surface area (Å²) in [5, 5.41) is 9.17. The lowest BCUT2D eigenvalue weighted by Gasteiger charge is -2.28. The van der Waals surface area contributed by atoms with Crippen molar-refractivity contribution in [1.82, 2.24) is 24.4 Å². The number of piperidine rings is 1. The maximum atomic E-state index is 12.6. The van der Waals surface area contributed by atoms with Crippen molar-refractivity contribution in [2.45, 2.75) is 19.4 Å². The first-order valence-electron chi connectivity index (χ1n) is 12.4. The van der Waals surface area contributed by atoms with Gasteiger partial charge in [0.15, 0.2) is 11.6 Å². The van der Waals surface area contributed by atoms with E-state index in [9.17, 15) is 10.1 Å². The molecule has 0 atom stereocenters. The zero-order valence-electron chi connectivity index (χ0n) is 20.7. The van der Waals surface area contributed by atoms with Crippen LogP contribution in [0.25, 0.3) is 22.6 Å². The van der Waals surface area contributed by atoms with Gasteiger partial charge in [0.1, 0.15) is 0 Å². The van der Waals surface area contributed by atoms with Gasteiger partial charge >= 0.3 is 0 Å². The Morgan fingerprint density at radius 3 is 2.62 bits per heavy atom. The molecule has 1 saturated heterocycles. The van der Waals surface area contributed by atoms with E-state index in [0.29, 0.717) is 41.9 Å². The van der Waals surface area contributed by atoms with Crippen LogP contribution in [0.1, 0.15) is 24.0 Å². The zero-order valence-corrected chi connectivity index (χ0v) is 20.7. The lowest BCUT2D eigenvalue weighted by atomic mass is 9.98. The highest BCUT2D eigenvalue weighted by molar-refractivity contribution is 5.60. The number of hydrogen-bond acceptors (Lipinski definition) is 7. The molecule has 3 aromatic heterocycles. The molecule has 1 aromatic carbocycles. The normalized spacial score (nSPS) is 14.3. The number of pyridine rings is 2. The van der Waals surface area contributed by atoms with E-state index in [1.54, 1.807) is 47.6 Å². The summed E-state index contributed by atoms with van der Waals surface area (Å²) >= 11 is 0. The summed E-state index contributed by atoms with van der Waals surface area (Å²) in [6, 6.07) is 16.6. The third-order valence-corrected chi connectivity index (χ3v) is 6.66. The maximum absolute atomic E-state index is 12.6. The van der Waals surface area contributed by atoms with Crippen molar-refractivity contribution in [3.05, 3.63) is 94.8 Å². The van der Waals surface area contributed by atoms with Crippen LogP contribution in [0.2, 0.25) is 0 Å². The minimum Gasteiger partial charge on any atom is -0.490 e. The van der Waals surface area contributed by atoms with Gasteiger partial charge in [0, 0.05) is 29.6 Å². The number of rotatable bonds is 7. The summed E-state index contributed by atoms with van der Waals surface area (Å²) in [6.07, 6.45) is 9.11. The predicted octanol–water partition coefficient (Wildman–Crippen LogP) is 4.01. The number of aromatic nitrogens is 4. The Morgan fingerprint density at radius 1 is 1.03 bits per heavy atom. The fraction of sp³-hybridized carbons (Fsp3) is 0.276. The maximum Gasteiger partial charge on any atom is 0.250 e. The fourth-order valence-corrected chi connectivity index (χ4v) is 4.45. The summed E-state index contributed by atoms with van der Waals surface area (Å²) in [5.41, 5.74) is 3.63. The van der Waals surface area contributed by atoms with Crippen molar-refractivity contribution in [2.24, 2.45) is 5.92 Å². The van der Waals surface area contributed by atoms with Gasteiger partial charge in [-0.3, -0.25) is 9.78 Å². The van der Waals surface area contributed by atoms with Gasteiger partial charge in [0.25, 0.3) is 5.56 Å². The average Bonchev–Trinajstić information content (AvgIpc) is 2.94. The van der Waals surface area contributed by atoms with Crippen LogP contribution in [0.3, 0.4) is 0 Å². The number of benzene rings is 1. The van der Waals surface area contributed by atoms with E-state index in [-0.39, 0.29) is 5.56 Å². The van der Waals surface area contributed by atoms with E-state index in [1.807, 2.05) is 24.3 Å². The van der Waals surface area contributed by atoms with Gasteiger partial charge in [-0.2, -0.15) is 5.26 Å². The molecular weight excluding hydrogens is 464 g/mol. The summed E-state index contributed by atoms with van der Waals surface area (Å²) in [5.74, 6) is 1.85. The monoisotopic (exact) mass is 492 g/mol. The lowest BCUT2D eigenvalue weighted by molar-refractivity contribution is 0.159. The minimum atomic E-state index is -0.118. The van der Waals surface area contributed by atoms with Crippen LogP contribution in [0, 0.1) is 17.2 Å². The number of nitriles is 1. The van der Waals surface area contributed by atoms with E-state index in [0.717, 1.165) is 42.6 Å². The van der Waals surface area contributed by atoms with Crippen molar-refractivity contribution in [2.75, 3.05) is 26.7 Å². The van der Waals surface area contributed by atoms with E-state index in [2.05, 4.69) is 33.0 Å². The second-order valence-electron chi connectivity index (χ2n) is 9.43. The summed E-state index contributed by atoms with van der Waals surface area (Å²) in [4.78, 5) is 28.3. The topological polar surface area (TPSA) is 96.9 Å². The number of nitrogens with zero attached hydrogens (tertiary/aromatic N) is 6. The van der Waals surface area contributed by atoms with Gasteiger partial charge in [-0.05, 0) is 68.7 Å². The molecule has 37 heavy (non-hydrogen) atoms. The largest absolute Gasteiger partial charge is 0.490 e. The third-order valence-electron chi connectivity index (χ3n) is 6.66. The zero-order chi connectivity index (χ0) is 25.6. The van der Waals surface area contributed by atoms with Crippen LogP contribution in [0.4, 0.5) is 0 Å². The van der Waals surface area contributed by atoms with Crippen LogP contribution in [0.15, 0.2) is 78.1 Å². The summed E-state index contributed by atoms with van der Waals surface area (Å²) in [7, 11) is 2.16. The molecule has 0 bridgehead atoms. The molecule has 8 heteroatoms. The van der Waals surface area contributed by atoms with Crippen molar-refractivity contribution in [1.29, 1.82) is 5.26 Å². The van der Waals surface area contributed by atoms with E-state index in [4.69, 9.17) is 4.74 Å². The van der Waals surface area contributed by atoms with Crippen molar-refractivity contribution in [3.63, 3.8) is 0 Å². The second kappa shape index (κ2) is 11.1. The lowest BCUT2D eigenvalue weighted by Crippen LogP contribution is -2.32. The van der Waals surface area contributed by atoms with Gasteiger partial charge in [0.2, 0.25) is 0 Å². The number of hydrogen-bond donors (Lipinski definition) is 0. The SMILES string of the molecule is CN1CCC(COc2cnc(-c3cccc(Cn4cc(-c5cc(C#N)ccn5)ccc4=O)c3)nc2)CC1. The molecule has 0 saturated carbocycles. The first-order valence-corrected chi connectivity index (χ1v) is 12.4. The Morgan fingerprint density at radius 2 is 1.84 bits per heavy atom. The van der Waals surface area contributed by atoms with E-state index in [1.165, 1.54) is 6.07 Å². The molecule has 0 amide bonds. The van der Waals surface area contributed by atoms with E-state index < -0.39 is 0 Å². The van der Waals surface area contributed by atoms with Gasteiger partial charge in [0.05, 0.1) is 42.9 Å². The Hall–Kier alpha value is -4.35.